The molecule has 1 aromatic rings. The summed E-state index contributed by atoms with van der Waals surface area (Å²) < 4.78 is 5.08. The minimum atomic E-state index is -0.174. The Bertz CT molecular complexity index is 397. The van der Waals surface area contributed by atoms with Crippen LogP contribution >= 0.6 is 11.6 Å². The van der Waals surface area contributed by atoms with Gasteiger partial charge in [0.25, 0.3) is 5.91 Å². The summed E-state index contributed by atoms with van der Waals surface area (Å²) in [4.78, 5) is 11.8. The van der Waals surface area contributed by atoms with Crippen LogP contribution in [0, 0.1) is 5.41 Å². The number of furan rings is 1. The van der Waals surface area contributed by atoms with E-state index in [1.54, 1.807) is 12.1 Å². The van der Waals surface area contributed by atoms with Gasteiger partial charge in [-0.1, -0.05) is 20.3 Å². The third-order valence-corrected chi connectivity index (χ3v) is 3.56. The summed E-state index contributed by atoms with van der Waals surface area (Å²) in [7, 11) is 0. The summed E-state index contributed by atoms with van der Waals surface area (Å²) in [5.74, 6) is 0.111. The zero-order chi connectivity index (χ0) is 11.8. The Balaban J connectivity index is 2.03. The van der Waals surface area contributed by atoms with Gasteiger partial charge in [0.15, 0.2) is 11.0 Å². The summed E-state index contributed by atoms with van der Waals surface area (Å²) in [5, 5.41) is 3.25. The average Bonchev–Trinajstić information content (AvgIpc) is 2.74. The molecule has 0 aromatic carbocycles. The van der Waals surface area contributed by atoms with Crippen LogP contribution in [0.25, 0.3) is 0 Å². The summed E-state index contributed by atoms with van der Waals surface area (Å²) in [5.41, 5.74) is 0.173. The Morgan fingerprint density at radius 3 is 2.81 bits per heavy atom. The molecular formula is C12H16ClNO2. The van der Waals surface area contributed by atoms with Crippen LogP contribution < -0.4 is 5.32 Å². The normalized spacial score (nSPS) is 23.3. The Morgan fingerprint density at radius 2 is 2.31 bits per heavy atom. The van der Waals surface area contributed by atoms with Gasteiger partial charge in [0.1, 0.15) is 0 Å². The number of hydrogen-bond acceptors (Lipinski definition) is 2. The number of nitrogens with one attached hydrogen (secondary N) is 1. The summed E-state index contributed by atoms with van der Waals surface area (Å²) in [6.45, 7) is 4.36. The van der Waals surface area contributed by atoms with Crippen molar-refractivity contribution in [3.05, 3.63) is 23.1 Å². The molecule has 1 heterocycles. The highest BCUT2D eigenvalue weighted by atomic mass is 35.5. The smallest absolute Gasteiger partial charge is 0.287 e. The first kappa shape index (κ1) is 11.5. The lowest BCUT2D eigenvalue weighted by Crippen LogP contribution is -2.41. The molecule has 1 unspecified atom stereocenters. The highest BCUT2D eigenvalue weighted by Crippen LogP contribution is 2.37. The van der Waals surface area contributed by atoms with Crippen LogP contribution in [0.4, 0.5) is 0 Å². The van der Waals surface area contributed by atoms with Crippen molar-refractivity contribution in [2.24, 2.45) is 5.41 Å². The molecule has 0 saturated heterocycles. The van der Waals surface area contributed by atoms with Crippen LogP contribution in [-0.2, 0) is 0 Å². The van der Waals surface area contributed by atoms with E-state index in [1.807, 2.05) is 0 Å². The molecule has 0 spiro atoms. The number of halogens is 1. The van der Waals surface area contributed by atoms with E-state index in [4.69, 9.17) is 16.0 Å². The quantitative estimate of drug-likeness (QED) is 0.864. The molecule has 4 heteroatoms. The standard InChI is InChI=1S/C12H16ClNO2/c1-12(2)7-3-4-9(12)14-11(15)8-5-6-10(13)16-8/h5-6,9H,3-4,7H2,1-2H3,(H,14,15). The first-order valence-electron chi connectivity index (χ1n) is 5.55. The van der Waals surface area contributed by atoms with E-state index in [0.29, 0.717) is 0 Å². The molecule has 1 aliphatic carbocycles. The Kier molecular flexibility index (Phi) is 2.98. The fraction of sp³-hybridized carbons (Fsp3) is 0.583. The maximum absolute atomic E-state index is 11.8. The topological polar surface area (TPSA) is 42.2 Å². The van der Waals surface area contributed by atoms with Gasteiger partial charge in [-0.05, 0) is 42.0 Å². The van der Waals surface area contributed by atoms with Gasteiger partial charge < -0.3 is 9.73 Å². The van der Waals surface area contributed by atoms with Gasteiger partial charge in [0.05, 0.1) is 0 Å². The Morgan fingerprint density at radius 1 is 1.56 bits per heavy atom. The van der Waals surface area contributed by atoms with Crippen molar-refractivity contribution in [1.82, 2.24) is 5.32 Å². The highest BCUT2D eigenvalue weighted by Gasteiger charge is 2.35. The van der Waals surface area contributed by atoms with E-state index >= 15 is 0 Å². The van der Waals surface area contributed by atoms with E-state index in [1.165, 1.54) is 0 Å². The number of hydrogen-bond donors (Lipinski definition) is 1. The van der Waals surface area contributed by atoms with Crippen LogP contribution in [0.5, 0.6) is 0 Å². The average molecular weight is 242 g/mol. The van der Waals surface area contributed by atoms with E-state index < -0.39 is 0 Å². The van der Waals surface area contributed by atoms with Crippen molar-refractivity contribution in [3.8, 4) is 0 Å². The molecular weight excluding hydrogens is 226 g/mol. The third kappa shape index (κ3) is 2.24. The third-order valence-electron chi connectivity index (χ3n) is 3.36. The Hall–Kier alpha value is -0.960. The van der Waals surface area contributed by atoms with Crippen molar-refractivity contribution < 1.29 is 9.21 Å². The number of rotatable bonds is 2. The second-order valence-corrected chi connectivity index (χ2v) is 5.38. The van der Waals surface area contributed by atoms with Crippen LogP contribution in [0.15, 0.2) is 16.5 Å². The predicted octanol–water partition coefficient (Wildman–Crippen LogP) is 3.24. The molecule has 1 atom stereocenters. The molecule has 1 aliphatic rings. The van der Waals surface area contributed by atoms with E-state index in [9.17, 15) is 4.79 Å². The zero-order valence-corrected chi connectivity index (χ0v) is 10.3. The second-order valence-electron chi connectivity index (χ2n) is 5.01. The molecule has 2 rings (SSSR count). The minimum Gasteiger partial charge on any atom is -0.440 e. The van der Waals surface area contributed by atoms with Gasteiger partial charge in [0, 0.05) is 6.04 Å². The van der Waals surface area contributed by atoms with Gasteiger partial charge in [0.2, 0.25) is 0 Å². The van der Waals surface area contributed by atoms with E-state index in [2.05, 4.69) is 19.2 Å². The molecule has 1 N–H and O–H groups in total. The first-order chi connectivity index (χ1) is 7.49. The van der Waals surface area contributed by atoms with E-state index in [0.717, 1.165) is 19.3 Å². The largest absolute Gasteiger partial charge is 0.440 e. The van der Waals surface area contributed by atoms with Crippen molar-refractivity contribution in [2.75, 3.05) is 0 Å². The summed E-state index contributed by atoms with van der Waals surface area (Å²) in [6.07, 6.45) is 3.35. The maximum Gasteiger partial charge on any atom is 0.287 e. The fourth-order valence-corrected chi connectivity index (χ4v) is 2.41. The number of amides is 1. The van der Waals surface area contributed by atoms with Gasteiger partial charge in [-0.3, -0.25) is 4.79 Å². The lowest BCUT2D eigenvalue weighted by Gasteiger charge is -2.27. The van der Waals surface area contributed by atoms with Gasteiger partial charge in [-0.25, -0.2) is 0 Å². The van der Waals surface area contributed by atoms with Crippen molar-refractivity contribution in [3.63, 3.8) is 0 Å². The summed E-state index contributed by atoms with van der Waals surface area (Å²) >= 11 is 5.63. The monoisotopic (exact) mass is 241 g/mol. The van der Waals surface area contributed by atoms with Gasteiger partial charge in [-0.15, -0.1) is 0 Å². The molecule has 0 bridgehead atoms. The SMILES string of the molecule is CC1(C)CCCC1NC(=O)c1ccc(Cl)o1. The number of carbonyl (C=O) groups excluding carboxylic acids is 1. The molecule has 0 aliphatic heterocycles. The van der Waals surface area contributed by atoms with Gasteiger partial charge >= 0.3 is 0 Å². The lowest BCUT2D eigenvalue weighted by atomic mass is 9.87. The molecule has 1 aromatic heterocycles. The molecule has 1 saturated carbocycles. The minimum absolute atomic E-state index is 0.173. The molecule has 0 radical (unpaired) electrons. The molecule has 88 valence electrons. The van der Waals surface area contributed by atoms with Crippen LogP contribution in [0.1, 0.15) is 43.7 Å². The van der Waals surface area contributed by atoms with Crippen LogP contribution in [0.2, 0.25) is 5.22 Å². The van der Waals surface area contributed by atoms with Crippen molar-refractivity contribution in [1.29, 1.82) is 0 Å². The molecule has 3 nitrogen and oxygen atoms in total. The predicted molar refractivity (Wildman–Crippen MR) is 62.6 cm³/mol. The van der Waals surface area contributed by atoms with E-state index in [-0.39, 0.29) is 28.3 Å². The zero-order valence-electron chi connectivity index (χ0n) is 9.55. The molecule has 16 heavy (non-hydrogen) atoms. The van der Waals surface area contributed by atoms with Crippen LogP contribution in [-0.4, -0.2) is 11.9 Å². The number of carbonyl (C=O) groups is 1. The van der Waals surface area contributed by atoms with Crippen molar-refractivity contribution >= 4 is 17.5 Å². The van der Waals surface area contributed by atoms with Gasteiger partial charge in [-0.2, -0.15) is 0 Å². The second kappa shape index (κ2) is 4.13. The maximum atomic E-state index is 11.8. The van der Waals surface area contributed by atoms with Crippen LogP contribution in [0.3, 0.4) is 0 Å². The lowest BCUT2D eigenvalue weighted by molar-refractivity contribution is 0.0882. The first-order valence-corrected chi connectivity index (χ1v) is 5.93. The summed E-state index contributed by atoms with van der Waals surface area (Å²) in [6, 6.07) is 3.40. The molecule has 1 amide bonds. The fourth-order valence-electron chi connectivity index (χ4n) is 2.26. The Labute approximate surface area is 100 Å². The highest BCUT2D eigenvalue weighted by molar-refractivity contribution is 6.29. The van der Waals surface area contributed by atoms with Crippen molar-refractivity contribution in [2.45, 2.75) is 39.2 Å². The molecule has 1 fully saturated rings.